The van der Waals surface area contributed by atoms with Crippen LogP contribution in [0.3, 0.4) is 0 Å². The molecule has 1 aromatic carbocycles. The van der Waals surface area contributed by atoms with Gasteiger partial charge in [0.2, 0.25) is 15.9 Å². The van der Waals surface area contributed by atoms with Crippen molar-refractivity contribution in [3.8, 4) is 17.1 Å². The van der Waals surface area contributed by atoms with E-state index in [2.05, 4.69) is 20.0 Å². The minimum Gasteiger partial charge on any atom is -0.495 e. The van der Waals surface area contributed by atoms with Crippen molar-refractivity contribution in [2.24, 2.45) is 0 Å². The lowest BCUT2D eigenvalue weighted by molar-refractivity contribution is 0.373. The molecule has 0 aliphatic heterocycles. The van der Waals surface area contributed by atoms with Gasteiger partial charge in [0.05, 0.1) is 19.9 Å². The number of ether oxygens (including phenoxy) is 1. The molecule has 1 aliphatic rings. The van der Waals surface area contributed by atoms with Crippen molar-refractivity contribution in [3.05, 3.63) is 42.2 Å². The fraction of sp³-hybridized carbons (Fsp3) is 0.312. The number of hydrogen-bond acceptors (Lipinski definition) is 8. The Bertz CT molecular complexity index is 1010. The van der Waals surface area contributed by atoms with Gasteiger partial charge < -0.3 is 13.8 Å². The summed E-state index contributed by atoms with van der Waals surface area (Å²) in [4.78, 5) is 4.20. The highest BCUT2D eigenvalue weighted by molar-refractivity contribution is 7.89. The van der Waals surface area contributed by atoms with Gasteiger partial charge in [0.25, 0.3) is 0 Å². The highest BCUT2D eigenvalue weighted by Crippen LogP contribution is 2.38. The number of hydrogen-bond donors (Lipinski definition) is 1. The first-order chi connectivity index (χ1) is 12.6. The third-order valence-corrected chi connectivity index (χ3v) is 5.43. The molecule has 2 aromatic heterocycles. The molecule has 0 spiro atoms. The molecule has 1 aliphatic carbocycles. The standard InChI is InChI=1S/C16H16N4O5S/c1-23-13-5-4-11(12-6-7-17-24-12)8-14(13)26(21,22)18-9-15-19-16(25-20-15)10-2-3-10/h4-8,10,18H,2-3,9H2,1H3. The van der Waals surface area contributed by atoms with Gasteiger partial charge in [-0.2, -0.15) is 4.98 Å². The average molecular weight is 376 g/mol. The molecule has 9 nitrogen and oxygen atoms in total. The molecule has 0 amide bonds. The number of benzene rings is 1. The zero-order valence-electron chi connectivity index (χ0n) is 13.9. The van der Waals surface area contributed by atoms with E-state index in [4.69, 9.17) is 13.8 Å². The molecule has 0 radical (unpaired) electrons. The van der Waals surface area contributed by atoms with Crippen LogP contribution in [-0.4, -0.2) is 30.8 Å². The van der Waals surface area contributed by atoms with Crippen molar-refractivity contribution in [1.29, 1.82) is 0 Å². The second-order valence-corrected chi connectivity index (χ2v) is 7.63. The Kier molecular flexibility index (Phi) is 4.21. The molecule has 4 rings (SSSR count). The predicted molar refractivity (Wildman–Crippen MR) is 88.8 cm³/mol. The molecule has 2 heterocycles. The van der Waals surface area contributed by atoms with Gasteiger partial charge in [0.1, 0.15) is 10.6 Å². The number of methoxy groups -OCH3 is 1. The van der Waals surface area contributed by atoms with Crippen molar-refractivity contribution in [1.82, 2.24) is 20.0 Å². The lowest BCUT2D eigenvalue weighted by Crippen LogP contribution is -2.24. The lowest BCUT2D eigenvalue weighted by atomic mass is 10.2. The third-order valence-electron chi connectivity index (χ3n) is 4.01. The number of nitrogens with one attached hydrogen (secondary N) is 1. The Morgan fingerprint density at radius 2 is 2.12 bits per heavy atom. The summed E-state index contributed by atoms with van der Waals surface area (Å²) >= 11 is 0. The van der Waals surface area contributed by atoms with E-state index in [1.54, 1.807) is 18.2 Å². The highest BCUT2D eigenvalue weighted by Gasteiger charge is 2.30. The van der Waals surface area contributed by atoms with Crippen LogP contribution < -0.4 is 9.46 Å². The maximum absolute atomic E-state index is 12.7. The molecule has 26 heavy (non-hydrogen) atoms. The summed E-state index contributed by atoms with van der Waals surface area (Å²) in [5.74, 6) is 1.83. The first kappa shape index (κ1) is 16.7. The number of rotatable bonds is 7. The molecule has 1 saturated carbocycles. The van der Waals surface area contributed by atoms with Crippen LogP contribution >= 0.6 is 0 Å². The van der Waals surface area contributed by atoms with Crippen LogP contribution in [0.15, 0.2) is 44.4 Å². The Hall–Kier alpha value is -2.72. The molecular formula is C16H16N4O5S. The molecule has 0 atom stereocenters. The van der Waals surface area contributed by atoms with E-state index >= 15 is 0 Å². The van der Waals surface area contributed by atoms with Crippen LogP contribution in [0.5, 0.6) is 5.75 Å². The van der Waals surface area contributed by atoms with Crippen molar-refractivity contribution in [2.45, 2.75) is 30.2 Å². The summed E-state index contributed by atoms with van der Waals surface area (Å²) in [6, 6.07) is 6.36. The second-order valence-electron chi connectivity index (χ2n) is 5.89. The van der Waals surface area contributed by atoms with Gasteiger partial charge in [-0.05, 0) is 31.0 Å². The molecule has 0 saturated heterocycles. The Labute approximate surface area is 149 Å². The Balaban J connectivity index is 1.58. The van der Waals surface area contributed by atoms with E-state index in [0.29, 0.717) is 29.0 Å². The normalized spacial score (nSPS) is 14.5. The van der Waals surface area contributed by atoms with Crippen molar-refractivity contribution in [2.75, 3.05) is 7.11 Å². The fourth-order valence-electron chi connectivity index (χ4n) is 2.48. The van der Waals surface area contributed by atoms with Crippen LogP contribution in [0, 0.1) is 0 Å². The average Bonchev–Trinajstić information content (AvgIpc) is 3.16. The fourth-order valence-corrected chi connectivity index (χ4v) is 3.65. The van der Waals surface area contributed by atoms with E-state index in [-0.39, 0.29) is 17.2 Å². The largest absolute Gasteiger partial charge is 0.495 e. The Morgan fingerprint density at radius 1 is 1.27 bits per heavy atom. The van der Waals surface area contributed by atoms with E-state index < -0.39 is 10.0 Å². The van der Waals surface area contributed by atoms with Crippen LogP contribution in [0.4, 0.5) is 0 Å². The molecule has 1 fully saturated rings. The quantitative estimate of drug-likeness (QED) is 0.665. The molecule has 10 heteroatoms. The van der Waals surface area contributed by atoms with Gasteiger partial charge >= 0.3 is 0 Å². The van der Waals surface area contributed by atoms with Gasteiger partial charge in [-0.25, -0.2) is 13.1 Å². The summed E-state index contributed by atoms with van der Waals surface area (Å²) in [7, 11) is -2.46. The zero-order chi connectivity index (χ0) is 18.1. The van der Waals surface area contributed by atoms with E-state index in [9.17, 15) is 8.42 Å². The van der Waals surface area contributed by atoms with Gasteiger partial charge in [0, 0.05) is 17.5 Å². The van der Waals surface area contributed by atoms with Crippen LogP contribution in [0.25, 0.3) is 11.3 Å². The zero-order valence-corrected chi connectivity index (χ0v) is 14.7. The first-order valence-corrected chi connectivity index (χ1v) is 9.46. The van der Waals surface area contributed by atoms with E-state index in [0.717, 1.165) is 12.8 Å². The van der Waals surface area contributed by atoms with Crippen LogP contribution in [0.2, 0.25) is 0 Å². The molecule has 136 valence electrons. The Morgan fingerprint density at radius 3 is 2.81 bits per heavy atom. The minimum atomic E-state index is -3.87. The van der Waals surface area contributed by atoms with Gasteiger partial charge in [-0.15, -0.1) is 0 Å². The van der Waals surface area contributed by atoms with Crippen molar-refractivity contribution >= 4 is 10.0 Å². The van der Waals surface area contributed by atoms with Crippen LogP contribution in [0.1, 0.15) is 30.5 Å². The summed E-state index contributed by atoms with van der Waals surface area (Å²) in [6.07, 6.45) is 3.54. The second kappa shape index (κ2) is 6.54. The van der Waals surface area contributed by atoms with E-state index in [1.165, 1.54) is 19.4 Å². The molecule has 0 bridgehead atoms. The predicted octanol–water partition coefficient (Wildman–Crippen LogP) is 2.09. The summed E-state index contributed by atoms with van der Waals surface area (Å²) < 4.78 is 43.3. The minimum absolute atomic E-state index is 0.0141. The van der Waals surface area contributed by atoms with Gasteiger partial charge in [-0.3, -0.25) is 0 Å². The summed E-state index contributed by atoms with van der Waals surface area (Å²) in [5.41, 5.74) is 0.569. The number of sulfonamides is 1. The monoisotopic (exact) mass is 376 g/mol. The van der Waals surface area contributed by atoms with Gasteiger partial charge in [0.15, 0.2) is 11.6 Å². The number of nitrogens with zero attached hydrogens (tertiary/aromatic N) is 3. The first-order valence-electron chi connectivity index (χ1n) is 7.98. The summed E-state index contributed by atoms with van der Waals surface area (Å²) in [6.45, 7) is -0.0752. The topological polar surface area (TPSA) is 120 Å². The highest BCUT2D eigenvalue weighted by atomic mass is 32.2. The van der Waals surface area contributed by atoms with Gasteiger partial charge in [-0.1, -0.05) is 10.3 Å². The molecular weight excluding hydrogens is 360 g/mol. The lowest BCUT2D eigenvalue weighted by Gasteiger charge is -2.11. The third kappa shape index (κ3) is 3.33. The maximum Gasteiger partial charge on any atom is 0.244 e. The molecule has 1 N–H and O–H groups in total. The molecule has 3 aromatic rings. The van der Waals surface area contributed by atoms with Crippen molar-refractivity contribution < 1.29 is 22.2 Å². The van der Waals surface area contributed by atoms with Crippen molar-refractivity contribution in [3.63, 3.8) is 0 Å². The smallest absolute Gasteiger partial charge is 0.244 e. The molecule has 0 unspecified atom stereocenters. The van der Waals surface area contributed by atoms with E-state index in [1.807, 2.05) is 0 Å². The SMILES string of the molecule is COc1ccc(-c2ccno2)cc1S(=O)(=O)NCc1noc(C2CC2)n1. The number of aromatic nitrogens is 3. The van der Waals surface area contributed by atoms with Crippen LogP contribution in [-0.2, 0) is 16.6 Å². The maximum atomic E-state index is 12.7. The summed E-state index contributed by atoms with van der Waals surface area (Å²) in [5, 5.41) is 7.44.